The molecule has 1 heterocycles. The van der Waals surface area contributed by atoms with Crippen LogP contribution in [0.15, 0.2) is 5.16 Å². The van der Waals surface area contributed by atoms with Gasteiger partial charge in [0.2, 0.25) is 0 Å². The summed E-state index contributed by atoms with van der Waals surface area (Å²) in [6.45, 7) is 2.92. The van der Waals surface area contributed by atoms with Gasteiger partial charge in [-0.3, -0.25) is 0 Å². The maximum atomic E-state index is 4.72. The van der Waals surface area contributed by atoms with Crippen molar-refractivity contribution in [3.63, 3.8) is 0 Å². The van der Waals surface area contributed by atoms with E-state index in [9.17, 15) is 0 Å². The average Bonchev–Trinajstić information content (AvgIpc) is 2.14. The molecule has 0 bridgehead atoms. The molecular weight excluding hydrogens is 90.1 g/mol. The van der Waals surface area contributed by atoms with Crippen molar-refractivity contribution >= 4 is 6.21 Å². The van der Waals surface area contributed by atoms with Gasteiger partial charge < -0.3 is 4.84 Å². The highest BCUT2D eigenvalue weighted by Crippen LogP contribution is 2.04. The lowest BCUT2D eigenvalue weighted by molar-refractivity contribution is 0.154. The predicted octanol–water partition coefficient (Wildman–Crippen LogP) is 1.03. The van der Waals surface area contributed by atoms with Gasteiger partial charge in [-0.25, -0.2) is 0 Å². The molecule has 1 rings (SSSR count). The first kappa shape index (κ1) is 4.62. The lowest BCUT2D eigenvalue weighted by Gasteiger charge is -1.93. The Morgan fingerprint density at radius 2 is 2.86 bits per heavy atom. The van der Waals surface area contributed by atoms with Crippen molar-refractivity contribution in [2.75, 3.05) is 6.61 Å². The fourth-order valence-electron chi connectivity index (χ4n) is 0.534. The fourth-order valence-corrected chi connectivity index (χ4v) is 0.534. The predicted molar refractivity (Wildman–Crippen MR) is 28.2 cm³/mol. The third-order valence-electron chi connectivity index (χ3n) is 1.16. The molecule has 0 saturated carbocycles. The number of oxime groups is 1. The summed E-state index contributed by atoms with van der Waals surface area (Å²) in [5.41, 5.74) is 0. The minimum Gasteiger partial charge on any atom is -0.395 e. The van der Waals surface area contributed by atoms with Gasteiger partial charge in [-0.2, -0.15) is 0 Å². The Kier molecular flexibility index (Phi) is 1.29. The first-order valence-electron chi connectivity index (χ1n) is 2.59. The summed E-state index contributed by atoms with van der Waals surface area (Å²) < 4.78 is 0. The molecule has 7 heavy (non-hydrogen) atoms. The van der Waals surface area contributed by atoms with E-state index in [0.29, 0.717) is 5.92 Å². The maximum Gasteiger partial charge on any atom is 0.125 e. The Hall–Kier alpha value is -0.530. The van der Waals surface area contributed by atoms with E-state index in [-0.39, 0.29) is 0 Å². The normalized spacial score (nSPS) is 27.9. The molecule has 0 amide bonds. The van der Waals surface area contributed by atoms with Crippen LogP contribution in [-0.2, 0) is 4.84 Å². The summed E-state index contributed by atoms with van der Waals surface area (Å²) in [6, 6.07) is 0. The fraction of sp³-hybridized carbons (Fsp3) is 0.800. The Morgan fingerprint density at radius 3 is 3.14 bits per heavy atom. The zero-order chi connectivity index (χ0) is 5.11. The van der Waals surface area contributed by atoms with Gasteiger partial charge in [0.1, 0.15) is 6.61 Å². The van der Waals surface area contributed by atoms with Crippen LogP contribution in [-0.4, -0.2) is 12.8 Å². The van der Waals surface area contributed by atoms with Crippen LogP contribution in [0, 0.1) is 5.92 Å². The molecule has 0 aromatic carbocycles. The van der Waals surface area contributed by atoms with E-state index >= 15 is 0 Å². The topological polar surface area (TPSA) is 21.6 Å². The van der Waals surface area contributed by atoms with E-state index in [2.05, 4.69) is 12.1 Å². The first-order chi connectivity index (χ1) is 3.43. The Bertz CT molecular complexity index is 80.1. The second-order valence-electron chi connectivity index (χ2n) is 1.72. The van der Waals surface area contributed by atoms with Crippen molar-refractivity contribution in [1.82, 2.24) is 0 Å². The van der Waals surface area contributed by atoms with Crippen LogP contribution in [0.5, 0.6) is 0 Å². The number of hydrogen-bond donors (Lipinski definition) is 0. The van der Waals surface area contributed by atoms with Crippen molar-refractivity contribution in [3.8, 4) is 0 Å². The van der Waals surface area contributed by atoms with Crippen LogP contribution in [0.4, 0.5) is 0 Å². The number of rotatable bonds is 1. The second kappa shape index (κ2) is 1.96. The molecule has 0 fully saturated rings. The molecule has 0 aromatic rings. The number of hydrogen-bond acceptors (Lipinski definition) is 2. The summed E-state index contributed by atoms with van der Waals surface area (Å²) in [6.07, 6.45) is 3.00. The Labute approximate surface area is 43.2 Å². The molecule has 0 spiro atoms. The van der Waals surface area contributed by atoms with Crippen molar-refractivity contribution in [1.29, 1.82) is 0 Å². The molecule has 0 aliphatic carbocycles. The standard InChI is InChI=1S/C5H9NO/c1-2-5-3-6-7-4-5/h3,5H,2,4H2,1H3. The SMILES string of the molecule is CCC1C=NOC1. The molecule has 1 aliphatic rings. The number of nitrogens with zero attached hydrogens (tertiary/aromatic N) is 1. The molecular formula is C5H9NO. The summed E-state index contributed by atoms with van der Waals surface area (Å²) >= 11 is 0. The Morgan fingerprint density at radius 1 is 2.00 bits per heavy atom. The minimum absolute atomic E-state index is 0.583. The van der Waals surface area contributed by atoms with Crippen molar-refractivity contribution in [2.45, 2.75) is 13.3 Å². The molecule has 2 nitrogen and oxygen atoms in total. The van der Waals surface area contributed by atoms with Crippen molar-refractivity contribution in [2.24, 2.45) is 11.1 Å². The lowest BCUT2D eigenvalue weighted by Crippen LogP contribution is -1.98. The third kappa shape index (κ3) is 0.918. The highest BCUT2D eigenvalue weighted by molar-refractivity contribution is 5.61. The average molecular weight is 99.1 g/mol. The molecule has 1 unspecified atom stereocenters. The highest BCUT2D eigenvalue weighted by Gasteiger charge is 2.07. The smallest absolute Gasteiger partial charge is 0.125 e. The zero-order valence-electron chi connectivity index (χ0n) is 4.42. The van der Waals surface area contributed by atoms with Gasteiger partial charge in [-0.15, -0.1) is 0 Å². The summed E-state index contributed by atoms with van der Waals surface area (Å²) in [5.74, 6) is 0.583. The van der Waals surface area contributed by atoms with Crippen molar-refractivity contribution in [3.05, 3.63) is 0 Å². The summed E-state index contributed by atoms with van der Waals surface area (Å²) in [7, 11) is 0. The monoisotopic (exact) mass is 99.1 g/mol. The quantitative estimate of drug-likeness (QED) is 0.481. The second-order valence-corrected chi connectivity index (χ2v) is 1.72. The molecule has 0 N–H and O–H groups in total. The van der Waals surface area contributed by atoms with Gasteiger partial charge in [0.25, 0.3) is 0 Å². The van der Waals surface area contributed by atoms with E-state index in [1.807, 2.05) is 6.21 Å². The molecule has 1 atom stereocenters. The van der Waals surface area contributed by atoms with Crippen LogP contribution in [0.3, 0.4) is 0 Å². The van der Waals surface area contributed by atoms with Crippen LogP contribution < -0.4 is 0 Å². The van der Waals surface area contributed by atoms with Gasteiger partial charge in [0.05, 0.1) is 6.21 Å². The largest absolute Gasteiger partial charge is 0.395 e. The van der Waals surface area contributed by atoms with E-state index in [0.717, 1.165) is 13.0 Å². The zero-order valence-corrected chi connectivity index (χ0v) is 4.42. The molecule has 0 saturated heterocycles. The van der Waals surface area contributed by atoms with E-state index in [1.54, 1.807) is 0 Å². The van der Waals surface area contributed by atoms with Crippen LogP contribution in [0.1, 0.15) is 13.3 Å². The van der Waals surface area contributed by atoms with Crippen molar-refractivity contribution < 1.29 is 4.84 Å². The van der Waals surface area contributed by atoms with Gasteiger partial charge >= 0.3 is 0 Å². The highest BCUT2D eigenvalue weighted by atomic mass is 16.6. The molecule has 2 heteroatoms. The van der Waals surface area contributed by atoms with Crippen LogP contribution in [0.2, 0.25) is 0 Å². The molecule has 0 radical (unpaired) electrons. The van der Waals surface area contributed by atoms with Gasteiger partial charge in [-0.1, -0.05) is 12.1 Å². The molecule has 1 aliphatic heterocycles. The molecule has 0 aromatic heterocycles. The van der Waals surface area contributed by atoms with Crippen LogP contribution in [0.25, 0.3) is 0 Å². The van der Waals surface area contributed by atoms with E-state index < -0.39 is 0 Å². The van der Waals surface area contributed by atoms with Gasteiger partial charge in [-0.05, 0) is 6.42 Å². The van der Waals surface area contributed by atoms with Gasteiger partial charge in [0, 0.05) is 5.92 Å². The van der Waals surface area contributed by atoms with E-state index in [4.69, 9.17) is 4.84 Å². The lowest BCUT2D eigenvalue weighted by atomic mass is 10.1. The maximum absolute atomic E-state index is 4.72. The van der Waals surface area contributed by atoms with Gasteiger partial charge in [0.15, 0.2) is 0 Å². The molecule has 40 valence electrons. The summed E-state index contributed by atoms with van der Waals surface area (Å²) in [5, 5.41) is 3.61. The third-order valence-corrected chi connectivity index (χ3v) is 1.16. The summed E-state index contributed by atoms with van der Waals surface area (Å²) in [4.78, 5) is 4.72. The van der Waals surface area contributed by atoms with E-state index in [1.165, 1.54) is 0 Å². The minimum atomic E-state index is 0.583. The van der Waals surface area contributed by atoms with Crippen LogP contribution >= 0.6 is 0 Å². The Balaban J connectivity index is 2.28. The first-order valence-corrected chi connectivity index (χ1v) is 2.59.